The van der Waals surface area contributed by atoms with Crippen LogP contribution >= 0.6 is 0 Å². The zero-order chi connectivity index (χ0) is 17.6. The van der Waals surface area contributed by atoms with Gasteiger partial charge in [0.25, 0.3) is 5.91 Å². The van der Waals surface area contributed by atoms with E-state index in [1.165, 1.54) is 4.90 Å². The first-order chi connectivity index (χ1) is 12.1. The molecule has 128 valence electrons. The first-order valence-electron chi connectivity index (χ1n) is 7.94. The van der Waals surface area contributed by atoms with Gasteiger partial charge in [0.1, 0.15) is 6.04 Å². The number of rotatable bonds is 3. The second-order valence-electron chi connectivity index (χ2n) is 6.10. The minimum absolute atomic E-state index is 0.182. The van der Waals surface area contributed by atoms with E-state index in [9.17, 15) is 14.4 Å². The first kappa shape index (κ1) is 15.4. The molecule has 0 radical (unpaired) electrons. The quantitative estimate of drug-likeness (QED) is 0.806. The summed E-state index contributed by atoms with van der Waals surface area (Å²) in [5.74, 6) is -0.396. The lowest BCUT2D eigenvalue weighted by Crippen LogP contribution is -2.52. The van der Waals surface area contributed by atoms with Gasteiger partial charge in [-0.3, -0.25) is 24.8 Å². The molecule has 8 nitrogen and oxygen atoms in total. The van der Waals surface area contributed by atoms with E-state index < -0.39 is 11.9 Å². The zero-order valence-corrected chi connectivity index (χ0v) is 13.5. The molecule has 3 heterocycles. The molecular formula is C17H16N4O4. The molecular weight excluding hydrogens is 324 g/mol. The Morgan fingerprint density at radius 3 is 2.80 bits per heavy atom. The molecule has 8 heteroatoms. The van der Waals surface area contributed by atoms with Crippen LogP contribution < -0.4 is 10.1 Å². The van der Waals surface area contributed by atoms with E-state index in [0.717, 1.165) is 16.8 Å². The molecule has 2 N–H and O–H groups in total. The summed E-state index contributed by atoms with van der Waals surface area (Å²) in [4.78, 5) is 37.5. The second-order valence-corrected chi connectivity index (χ2v) is 6.10. The average molecular weight is 340 g/mol. The molecule has 2 aromatic rings. The van der Waals surface area contributed by atoms with Crippen molar-refractivity contribution in [2.24, 2.45) is 0 Å². The van der Waals surface area contributed by atoms with E-state index in [2.05, 4.69) is 15.5 Å². The molecule has 0 saturated carbocycles. The Balaban J connectivity index is 1.61. The molecule has 0 aliphatic carbocycles. The number of aromatic amines is 1. The van der Waals surface area contributed by atoms with Crippen LogP contribution in [-0.2, 0) is 16.1 Å². The number of methoxy groups -OCH3 is 1. The maximum atomic E-state index is 12.6. The highest BCUT2D eigenvalue weighted by molar-refractivity contribution is 6.05. The molecule has 1 unspecified atom stereocenters. The minimum atomic E-state index is -0.603. The zero-order valence-electron chi connectivity index (χ0n) is 13.5. The van der Waals surface area contributed by atoms with E-state index in [-0.39, 0.29) is 18.2 Å². The number of carbonyl (C=O) groups excluding carboxylic acids is 3. The molecule has 0 bridgehead atoms. The summed E-state index contributed by atoms with van der Waals surface area (Å²) < 4.78 is 5.07. The smallest absolute Gasteiger partial charge is 0.255 e. The van der Waals surface area contributed by atoms with E-state index >= 15 is 0 Å². The maximum absolute atomic E-state index is 12.6. The Bertz CT molecular complexity index is 889. The van der Waals surface area contributed by atoms with Crippen molar-refractivity contribution in [2.45, 2.75) is 25.4 Å². The fourth-order valence-electron chi connectivity index (χ4n) is 3.30. The Labute approximate surface area is 143 Å². The van der Waals surface area contributed by atoms with Gasteiger partial charge >= 0.3 is 0 Å². The Morgan fingerprint density at radius 1 is 1.24 bits per heavy atom. The summed E-state index contributed by atoms with van der Waals surface area (Å²) in [6, 6.07) is 6.67. The van der Waals surface area contributed by atoms with Crippen molar-refractivity contribution < 1.29 is 19.1 Å². The maximum Gasteiger partial charge on any atom is 0.255 e. The number of hydrogen-bond acceptors (Lipinski definition) is 5. The van der Waals surface area contributed by atoms with Crippen LogP contribution in [0.5, 0.6) is 5.88 Å². The number of imide groups is 1. The van der Waals surface area contributed by atoms with Crippen LogP contribution in [-0.4, -0.2) is 46.0 Å². The molecule has 2 aliphatic rings. The number of carbonyl (C=O) groups is 3. The Kier molecular flexibility index (Phi) is 3.52. The number of nitrogens with one attached hydrogen (secondary N) is 2. The molecule has 2 aliphatic heterocycles. The number of ether oxygens (including phenoxy) is 1. The molecule has 3 amide bonds. The third kappa shape index (κ3) is 2.55. The van der Waals surface area contributed by atoms with Gasteiger partial charge in [0.15, 0.2) is 0 Å². The predicted octanol–water partition coefficient (Wildman–Crippen LogP) is 0.846. The van der Waals surface area contributed by atoms with Gasteiger partial charge in [0, 0.05) is 30.2 Å². The summed E-state index contributed by atoms with van der Waals surface area (Å²) >= 11 is 0. The van der Waals surface area contributed by atoms with Crippen LogP contribution in [0.25, 0.3) is 11.3 Å². The lowest BCUT2D eigenvalue weighted by atomic mass is 10.0. The molecule has 1 aromatic heterocycles. The van der Waals surface area contributed by atoms with Crippen LogP contribution in [0.15, 0.2) is 24.3 Å². The van der Waals surface area contributed by atoms with Crippen LogP contribution in [0.2, 0.25) is 0 Å². The average Bonchev–Trinajstić information content (AvgIpc) is 3.20. The topological polar surface area (TPSA) is 104 Å². The van der Waals surface area contributed by atoms with Crippen LogP contribution in [0.1, 0.15) is 28.8 Å². The standard InChI is InChI=1S/C17H16N4O4/c1-25-15-7-12(19-20-15)9-2-3-11-10(6-9)8-21(17(11)24)13-4-5-14(22)18-16(13)23/h2-3,6-7,13H,4-5,8H2,1H3,(H,19,20)(H,18,22,23). The molecule has 1 fully saturated rings. The monoisotopic (exact) mass is 340 g/mol. The van der Waals surface area contributed by atoms with Gasteiger partial charge in [0.05, 0.1) is 12.8 Å². The second kappa shape index (κ2) is 5.73. The molecule has 4 rings (SSSR count). The highest BCUT2D eigenvalue weighted by atomic mass is 16.5. The van der Waals surface area contributed by atoms with Crippen molar-refractivity contribution in [3.8, 4) is 17.1 Å². The van der Waals surface area contributed by atoms with Gasteiger partial charge in [-0.15, -0.1) is 5.10 Å². The van der Waals surface area contributed by atoms with Crippen molar-refractivity contribution in [3.63, 3.8) is 0 Å². The van der Waals surface area contributed by atoms with Gasteiger partial charge < -0.3 is 9.64 Å². The number of aromatic nitrogens is 2. The number of hydrogen-bond donors (Lipinski definition) is 2. The SMILES string of the molecule is COc1cc(-c2ccc3c(c2)CN(C2CCC(=O)NC2=O)C3=O)[nH]n1. The van der Waals surface area contributed by atoms with E-state index in [4.69, 9.17) is 4.74 Å². The predicted molar refractivity (Wildman–Crippen MR) is 86.6 cm³/mol. The Morgan fingerprint density at radius 2 is 2.08 bits per heavy atom. The van der Waals surface area contributed by atoms with Crippen molar-refractivity contribution >= 4 is 17.7 Å². The Hall–Kier alpha value is -3.16. The van der Waals surface area contributed by atoms with Crippen molar-refractivity contribution in [1.29, 1.82) is 0 Å². The fraction of sp³-hybridized carbons (Fsp3) is 0.294. The van der Waals surface area contributed by atoms with E-state index in [1.807, 2.05) is 12.1 Å². The molecule has 0 spiro atoms. The number of H-pyrrole nitrogens is 1. The first-order valence-corrected chi connectivity index (χ1v) is 7.94. The van der Waals surface area contributed by atoms with Crippen molar-refractivity contribution in [3.05, 3.63) is 35.4 Å². The lowest BCUT2D eigenvalue weighted by molar-refractivity contribution is -0.136. The number of nitrogens with zero attached hydrogens (tertiary/aromatic N) is 2. The number of piperidine rings is 1. The largest absolute Gasteiger partial charge is 0.480 e. The summed E-state index contributed by atoms with van der Waals surface area (Å²) in [6.07, 6.45) is 0.602. The minimum Gasteiger partial charge on any atom is -0.480 e. The molecule has 1 atom stereocenters. The molecule has 25 heavy (non-hydrogen) atoms. The molecule has 1 saturated heterocycles. The summed E-state index contributed by atoms with van der Waals surface area (Å²) in [5, 5.41) is 9.20. The molecule has 1 aromatic carbocycles. The normalized spacial score (nSPS) is 19.8. The van der Waals surface area contributed by atoms with Gasteiger partial charge in [0.2, 0.25) is 17.7 Å². The third-order valence-corrected chi connectivity index (χ3v) is 4.60. The summed E-state index contributed by atoms with van der Waals surface area (Å²) in [7, 11) is 1.54. The van der Waals surface area contributed by atoms with E-state index in [1.54, 1.807) is 19.2 Å². The highest BCUT2D eigenvalue weighted by Crippen LogP contribution is 2.31. The van der Waals surface area contributed by atoms with Gasteiger partial charge in [-0.25, -0.2) is 0 Å². The lowest BCUT2D eigenvalue weighted by Gasteiger charge is -2.29. The fourth-order valence-corrected chi connectivity index (χ4v) is 3.30. The van der Waals surface area contributed by atoms with Crippen LogP contribution in [0.4, 0.5) is 0 Å². The van der Waals surface area contributed by atoms with Gasteiger partial charge in [-0.05, 0) is 24.1 Å². The van der Waals surface area contributed by atoms with Gasteiger partial charge in [-0.2, -0.15) is 0 Å². The highest BCUT2D eigenvalue weighted by Gasteiger charge is 2.39. The summed E-state index contributed by atoms with van der Waals surface area (Å²) in [6.45, 7) is 0.347. The number of amides is 3. The van der Waals surface area contributed by atoms with Gasteiger partial charge in [-0.1, -0.05) is 6.07 Å². The van der Waals surface area contributed by atoms with Crippen LogP contribution in [0, 0.1) is 0 Å². The van der Waals surface area contributed by atoms with Crippen molar-refractivity contribution in [1.82, 2.24) is 20.4 Å². The summed E-state index contributed by atoms with van der Waals surface area (Å²) in [5.41, 5.74) is 3.10. The number of benzene rings is 1. The van der Waals surface area contributed by atoms with Crippen molar-refractivity contribution in [2.75, 3.05) is 7.11 Å². The number of fused-ring (bicyclic) bond motifs is 1. The third-order valence-electron chi connectivity index (χ3n) is 4.60. The van der Waals surface area contributed by atoms with E-state index in [0.29, 0.717) is 24.4 Å². The van der Waals surface area contributed by atoms with Crippen LogP contribution in [0.3, 0.4) is 0 Å².